The van der Waals surface area contributed by atoms with Gasteiger partial charge >= 0.3 is 5.97 Å². The summed E-state index contributed by atoms with van der Waals surface area (Å²) in [6, 6.07) is 11.5. The number of hydrogen-bond acceptors (Lipinski definition) is 2. The van der Waals surface area contributed by atoms with Gasteiger partial charge in [-0.25, -0.2) is 4.79 Å². The molecular weight excluding hydrogens is 334 g/mol. The second kappa shape index (κ2) is 9.28. The standard InChI is InChI=1S/C21H24ClNO2/c1-2-3-5-12-16-14-18(21(24)25)20(23)17(19(16)22)13-8-11-15-9-6-4-7-10-15/h4,6-11,14H,2-3,5,12-13,23H2,1H3,(H,24,25). The molecule has 3 N–H and O–H groups in total. The van der Waals surface area contributed by atoms with Crippen LogP contribution in [0.15, 0.2) is 42.5 Å². The summed E-state index contributed by atoms with van der Waals surface area (Å²) < 4.78 is 0. The molecule has 0 aromatic heterocycles. The predicted molar refractivity (Wildman–Crippen MR) is 105 cm³/mol. The van der Waals surface area contributed by atoms with E-state index in [1.165, 1.54) is 0 Å². The zero-order valence-electron chi connectivity index (χ0n) is 14.5. The fourth-order valence-electron chi connectivity index (χ4n) is 2.79. The van der Waals surface area contributed by atoms with Gasteiger partial charge in [-0.3, -0.25) is 0 Å². The highest BCUT2D eigenvalue weighted by atomic mass is 35.5. The number of nitrogens with two attached hydrogens (primary N) is 1. The summed E-state index contributed by atoms with van der Waals surface area (Å²) in [5, 5.41) is 10.0. The van der Waals surface area contributed by atoms with Gasteiger partial charge in [-0.2, -0.15) is 0 Å². The number of nitrogen functional groups attached to an aromatic ring is 1. The largest absolute Gasteiger partial charge is 0.478 e. The summed E-state index contributed by atoms with van der Waals surface area (Å²) in [7, 11) is 0. The van der Waals surface area contributed by atoms with Crippen molar-refractivity contribution in [2.24, 2.45) is 0 Å². The van der Waals surface area contributed by atoms with E-state index in [9.17, 15) is 9.90 Å². The van der Waals surface area contributed by atoms with Crippen LogP contribution in [0, 0.1) is 0 Å². The summed E-state index contributed by atoms with van der Waals surface area (Å²) in [5.74, 6) is -1.01. The van der Waals surface area contributed by atoms with Gasteiger partial charge < -0.3 is 10.8 Å². The SMILES string of the molecule is CCCCCc1cc(C(=O)O)c(N)c(CC=Cc2ccccc2)c1Cl. The number of rotatable bonds is 8. The van der Waals surface area contributed by atoms with Gasteiger partial charge in [-0.05, 0) is 42.0 Å². The third-order valence-corrected chi connectivity index (χ3v) is 4.66. The van der Waals surface area contributed by atoms with Crippen molar-refractivity contribution >= 4 is 29.3 Å². The highest BCUT2D eigenvalue weighted by Gasteiger charge is 2.18. The smallest absolute Gasteiger partial charge is 0.337 e. The van der Waals surface area contributed by atoms with E-state index < -0.39 is 5.97 Å². The Labute approximate surface area is 154 Å². The summed E-state index contributed by atoms with van der Waals surface area (Å²) in [4.78, 5) is 11.5. The number of allylic oxidation sites excluding steroid dienone is 1. The fraction of sp³-hybridized carbons (Fsp3) is 0.286. The first-order valence-corrected chi connectivity index (χ1v) is 8.97. The third-order valence-electron chi connectivity index (χ3n) is 4.19. The molecule has 0 amide bonds. The zero-order valence-corrected chi connectivity index (χ0v) is 15.2. The van der Waals surface area contributed by atoms with Crippen molar-refractivity contribution in [3.63, 3.8) is 0 Å². The highest BCUT2D eigenvalue weighted by Crippen LogP contribution is 2.32. The summed E-state index contributed by atoms with van der Waals surface area (Å²) in [6.07, 6.45) is 8.40. The van der Waals surface area contributed by atoms with Crippen LogP contribution in [0.3, 0.4) is 0 Å². The molecule has 0 aliphatic heterocycles. The van der Waals surface area contributed by atoms with E-state index in [0.29, 0.717) is 17.0 Å². The Morgan fingerprint density at radius 3 is 2.60 bits per heavy atom. The van der Waals surface area contributed by atoms with Gasteiger partial charge in [-0.15, -0.1) is 0 Å². The van der Waals surface area contributed by atoms with E-state index in [-0.39, 0.29) is 11.3 Å². The lowest BCUT2D eigenvalue weighted by atomic mass is 9.96. The molecule has 0 spiro atoms. The maximum atomic E-state index is 11.5. The van der Waals surface area contributed by atoms with Crippen LogP contribution in [-0.4, -0.2) is 11.1 Å². The van der Waals surface area contributed by atoms with Gasteiger partial charge in [0.05, 0.1) is 11.3 Å². The van der Waals surface area contributed by atoms with Crippen molar-refractivity contribution in [3.05, 3.63) is 69.8 Å². The summed E-state index contributed by atoms with van der Waals surface area (Å²) >= 11 is 6.54. The van der Waals surface area contributed by atoms with Crippen LogP contribution in [0.4, 0.5) is 5.69 Å². The molecule has 0 unspecified atom stereocenters. The average molecular weight is 358 g/mol. The van der Waals surface area contributed by atoms with Crippen LogP contribution in [0.2, 0.25) is 5.02 Å². The molecule has 2 aromatic carbocycles. The Hall–Kier alpha value is -2.26. The molecule has 0 atom stereocenters. The van der Waals surface area contributed by atoms with E-state index in [1.807, 2.05) is 42.5 Å². The van der Waals surface area contributed by atoms with E-state index in [2.05, 4.69) is 6.92 Å². The predicted octanol–water partition coefficient (Wildman–Crippen LogP) is 5.61. The van der Waals surface area contributed by atoms with E-state index in [1.54, 1.807) is 6.07 Å². The maximum Gasteiger partial charge on any atom is 0.337 e. The third kappa shape index (κ3) is 5.10. The topological polar surface area (TPSA) is 63.3 Å². The molecule has 4 heteroatoms. The van der Waals surface area contributed by atoms with Crippen molar-refractivity contribution in [1.29, 1.82) is 0 Å². The molecule has 2 aromatic rings. The Kier molecular flexibility index (Phi) is 7.08. The molecule has 0 aliphatic rings. The molecule has 0 fully saturated rings. The maximum absolute atomic E-state index is 11.5. The van der Waals surface area contributed by atoms with Crippen molar-refractivity contribution in [3.8, 4) is 0 Å². The number of anilines is 1. The number of carboxylic acid groups (broad SMARTS) is 1. The quantitative estimate of drug-likeness (QED) is 0.476. The first-order valence-electron chi connectivity index (χ1n) is 8.59. The van der Waals surface area contributed by atoms with Crippen LogP contribution in [0.25, 0.3) is 6.08 Å². The zero-order chi connectivity index (χ0) is 18.2. The van der Waals surface area contributed by atoms with E-state index >= 15 is 0 Å². The number of halogens is 1. The first-order chi connectivity index (χ1) is 12.0. The lowest BCUT2D eigenvalue weighted by molar-refractivity contribution is 0.0698. The number of aromatic carboxylic acids is 1. The lowest BCUT2D eigenvalue weighted by Gasteiger charge is -2.14. The van der Waals surface area contributed by atoms with Gasteiger partial charge in [0, 0.05) is 5.02 Å². The van der Waals surface area contributed by atoms with Crippen LogP contribution in [-0.2, 0) is 12.8 Å². The minimum atomic E-state index is -1.01. The van der Waals surface area contributed by atoms with Crippen LogP contribution >= 0.6 is 11.6 Å². The normalized spacial score (nSPS) is 11.1. The molecule has 2 rings (SSSR count). The summed E-state index contributed by atoms with van der Waals surface area (Å²) in [5.41, 5.74) is 9.12. The molecule has 0 saturated carbocycles. The molecule has 0 bridgehead atoms. The Balaban J connectivity index is 2.30. The Bertz CT molecular complexity index is 754. The molecule has 132 valence electrons. The van der Waals surface area contributed by atoms with Gasteiger partial charge in [0.1, 0.15) is 0 Å². The van der Waals surface area contributed by atoms with Crippen molar-refractivity contribution in [2.45, 2.75) is 39.0 Å². The minimum absolute atomic E-state index is 0.138. The molecule has 0 heterocycles. The number of carbonyl (C=O) groups is 1. The summed E-state index contributed by atoms with van der Waals surface area (Å²) in [6.45, 7) is 2.13. The van der Waals surface area contributed by atoms with E-state index in [4.69, 9.17) is 17.3 Å². The lowest BCUT2D eigenvalue weighted by Crippen LogP contribution is -2.08. The minimum Gasteiger partial charge on any atom is -0.478 e. The molecule has 0 saturated heterocycles. The van der Waals surface area contributed by atoms with Crippen molar-refractivity contribution in [1.82, 2.24) is 0 Å². The second-order valence-corrected chi connectivity index (χ2v) is 6.45. The van der Waals surface area contributed by atoms with Gasteiger partial charge in [0.2, 0.25) is 0 Å². The van der Waals surface area contributed by atoms with E-state index in [0.717, 1.165) is 36.8 Å². The second-order valence-electron chi connectivity index (χ2n) is 6.07. The fourth-order valence-corrected chi connectivity index (χ4v) is 3.12. The Morgan fingerprint density at radius 2 is 1.96 bits per heavy atom. The average Bonchev–Trinajstić information content (AvgIpc) is 2.60. The number of carboxylic acids is 1. The van der Waals surface area contributed by atoms with Crippen LogP contribution < -0.4 is 5.73 Å². The highest BCUT2D eigenvalue weighted by molar-refractivity contribution is 6.32. The van der Waals surface area contributed by atoms with Crippen LogP contribution in [0.1, 0.15) is 53.2 Å². The number of benzene rings is 2. The van der Waals surface area contributed by atoms with Crippen LogP contribution in [0.5, 0.6) is 0 Å². The number of unbranched alkanes of at least 4 members (excludes halogenated alkanes) is 2. The van der Waals surface area contributed by atoms with Gasteiger partial charge in [0.15, 0.2) is 0 Å². The molecule has 25 heavy (non-hydrogen) atoms. The van der Waals surface area contributed by atoms with Gasteiger partial charge in [0.25, 0.3) is 0 Å². The Morgan fingerprint density at radius 1 is 1.24 bits per heavy atom. The first kappa shape index (κ1) is 19.1. The van der Waals surface area contributed by atoms with Crippen molar-refractivity contribution in [2.75, 3.05) is 5.73 Å². The van der Waals surface area contributed by atoms with Crippen molar-refractivity contribution < 1.29 is 9.90 Å². The monoisotopic (exact) mass is 357 g/mol. The molecule has 3 nitrogen and oxygen atoms in total. The van der Waals surface area contributed by atoms with Gasteiger partial charge in [-0.1, -0.05) is 73.9 Å². The number of aryl methyl sites for hydroxylation is 1. The molecule has 0 radical (unpaired) electrons. The molecule has 0 aliphatic carbocycles. The molecular formula is C21H24ClNO2. The number of hydrogen-bond donors (Lipinski definition) is 2.